The average Bonchev–Trinajstić information content (AvgIpc) is 2.98. The Hall–Kier alpha value is -2.14. The molecule has 1 aromatic heterocycles. The van der Waals surface area contributed by atoms with E-state index in [1.54, 1.807) is 7.11 Å². The lowest BCUT2D eigenvalue weighted by Gasteiger charge is -2.03. The Bertz CT molecular complexity index is 726. The number of ether oxygens (including phenoxy) is 1. The van der Waals surface area contributed by atoms with Crippen molar-refractivity contribution in [1.29, 1.82) is 0 Å². The van der Waals surface area contributed by atoms with Crippen molar-refractivity contribution in [1.82, 2.24) is 10.2 Å². The molecule has 0 bridgehead atoms. The van der Waals surface area contributed by atoms with E-state index in [4.69, 9.17) is 9.15 Å². The monoisotopic (exact) mass is 330 g/mol. The van der Waals surface area contributed by atoms with Gasteiger partial charge >= 0.3 is 0 Å². The van der Waals surface area contributed by atoms with Crippen LogP contribution in [0.4, 0.5) is 0 Å². The summed E-state index contributed by atoms with van der Waals surface area (Å²) in [6.07, 6.45) is 0. The van der Waals surface area contributed by atoms with E-state index in [2.05, 4.69) is 26.1 Å². The van der Waals surface area contributed by atoms with Crippen molar-refractivity contribution in [3.63, 3.8) is 0 Å². The molecule has 5 heteroatoms. The van der Waals surface area contributed by atoms with Crippen LogP contribution in [0.3, 0.4) is 0 Å². The largest absolute Gasteiger partial charge is 0.497 e. The lowest BCUT2D eigenvalue weighted by molar-refractivity contribution is 0.414. The number of aromatic nitrogens is 2. The molecule has 1 heterocycles. The van der Waals surface area contributed by atoms with Crippen molar-refractivity contribution < 1.29 is 9.15 Å². The molecule has 0 fully saturated rings. The first-order chi connectivity index (χ1) is 9.78. The molecule has 4 nitrogen and oxygen atoms in total. The smallest absolute Gasteiger partial charge is 0.249 e. The van der Waals surface area contributed by atoms with Crippen LogP contribution < -0.4 is 4.74 Å². The number of benzene rings is 2. The Morgan fingerprint density at radius 1 is 1.00 bits per heavy atom. The van der Waals surface area contributed by atoms with Gasteiger partial charge in [-0.3, -0.25) is 0 Å². The molecule has 20 heavy (non-hydrogen) atoms. The molecule has 0 spiro atoms. The zero-order valence-corrected chi connectivity index (χ0v) is 12.3. The van der Waals surface area contributed by atoms with E-state index in [0.29, 0.717) is 11.8 Å². The lowest BCUT2D eigenvalue weighted by Crippen LogP contribution is -1.85. The van der Waals surface area contributed by atoms with Gasteiger partial charge in [-0.15, -0.1) is 10.2 Å². The zero-order chi connectivity index (χ0) is 13.9. The molecule has 100 valence electrons. The number of halogens is 1. The van der Waals surface area contributed by atoms with Crippen molar-refractivity contribution in [3.05, 3.63) is 53.0 Å². The maximum Gasteiger partial charge on any atom is 0.249 e. The summed E-state index contributed by atoms with van der Waals surface area (Å²) in [6, 6.07) is 15.3. The second kappa shape index (κ2) is 5.46. The van der Waals surface area contributed by atoms with E-state index in [1.807, 2.05) is 48.5 Å². The third-order valence-electron chi connectivity index (χ3n) is 2.85. The summed E-state index contributed by atoms with van der Waals surface area (Å²) in [5, 5.41) is 8.18. The minimum Gasteiger partial charge on any atom is -0.497 e. The van der Waals surface area contributed by atoms with Gasteiger partial charge in [0.25, 0.3) is 0 Å². The molecule has 0 N–H and O–H groups in total. The van der Waals surface area contributed by atoms with Crippen LogP contribution in [-0.2, 0) is 0 Å². The highest BCUT2D eigenvalue weighted by Crippen LogP contribution is 2.32. The Balaban J connectivity index is 2.02. The van der Waals surface area contributed by atoms with E-state index in [9.17, 15) is 0 Å². The van der Waals surface area contributed by atoms with Crippen molar-refractivity contribution in [2.45, 2.75) is 0 Å². The molecule has 3 aromatic rings. The minimum absolute atomic E-state index is 0.453. The van der Waals surface area contributed by atoms with Gasteiger partial charge in [-0.2, -0.15) is 0 Å². The fraction of sp³-hybridized carbons (Fsp3) is 0.0667. The summed E-state index contributed by atoms with van der Waals surface area (Å²) in [5.41, 5.74) is 1.70. The highest BCUT2D eigenvalue weighted by Gasteiger charge is 2.13. The summed E-state index contributed by atoms with van der Waals surface area (Å²) in [6.45, 7) is 0. The van der Waals surface area contributed by atoms with Gasteiger partial charge in [-0.25, -0.2) is 0 Å². The van der Waals surface area contributed by atoms with Crippen LogP contribution in [0.2, 0.25) is 0 Å². The lowest BCUT2D eigenvalue weighted by atomic mass is 10.2. The first kappa shape index (κ1) is 12.9. The molecule has 3 rings (SSSR count). The first-order valence-electron chi connectivity index (χ1n) is 6.01. The molecule has 0 radical (unpaired) electrons. The summed E-state index contributed by atoms with van der Waals surface area (Å²) < 4.78 is 11.8. The number of hydrogen-bond donors (Lipinski definition) is 0. The van der Waals surface area contributed by atoms with Gasteiger partial charge in [0.1, 0.15) is 5.75 Å². The molecule has 0 aliphatic carbocycles. The molecular formula is C15H11BrN2O2. The second-order valence-electron chi connectivity index (χ2n) is 4.12. The third-order valence-corrected chi connectivity index (χ3v) is 3.54. The number of rotatable bonds is 3. The quantitative estimate of drug-likeness (QED) is 0.723. The van der Waals surface area contributed by atoms with Gasteiger partial charge < -0.3 is 9.15 Å². The van der Waals surface area contributed by atoms with Crippen LogP contribution >= 0.6 is 15.9 Å². The number of hydrogen-bond acceptors (Lipinski definition) is 4. The summed E-state index contributed by atoms with van der Waals surface area (Å²) >= 11 is 3.48. The maximum absolute atomic E-state index is 5.73. The molecule has 0 aliphatic rings. The summed E-state index contributed by atoms with van der Waals surface area (Å²) in [7, 11) is 1.62. The molecule has 0 saturated carbocycles. The highest BCUT2D eigenvalue weighted by molar-refractivity contribution is 9.10. The zero-order valence-electron chi connectivity index (χ0n) is 10.7. The fourth-order valence-corrected chi connectivity index (χ4v) is 2.24. The Kier molecular flexibility index (Phi) is 3.52. The fourth-order valence-electron chi connectivity index (χ4n) is 1.82. The topological polar surface area (TPSA) is 48.2 Å². The predicted octanol–water partition coefficient (Wildman–Crippen LogP) is 4.17. The summed E-state index contributed by atoms with van der Waals surface area (Å²) in [4.78, 5) is 0. The molecule has 0 amide bonds. The van der Waals surface area contributed by atoms with Crippen LogP contribution in [0, 0.1) is 0 Å². The molecule has 0 atom stereocenters. The van der Waals surface area contributed by atoms with Gasteiger partial charge in [0.2, 0.25) is 11.8 Å². The molecule has 0 aliphatic heterocycles. The summed E-state index contributed by atoms with van der Waals surface area (Å²) in [5.74, 6) is 1.69. The van der Waals surface area contributed by atoms with E-state index < -0.39 is 0 Å². The van der Waals surface area contributed by atoms with Crippen LogP contribution in [0.15, 0.2) is 57.4 Å². The number of nitrogens with zero attached hydrogens (tertiary/aromatic N) is 2. The predicted molar refractivity (Wildman–Crippen MR) is 79.4 cm³/mol. The van der Waals surface area contributed by atoms with E-state index in [0.717, 1.165) is 21.3 Å². The van der Waals surface area contributed by atoms with Crippen LogP contribution in [0.25, 0.3) is 22.9 Å². The Labute approximate surface area is 124 Å². The third kappa shape index (κ3) is 2.44. The van der Waals surface area contributed by atoms with Crippen LogP contribution in [-0.4, -0.2) is 17.3 Å². The molecule has 2 aromatic carbocycles. The molecule has 0 unspecified atom stereocenters. The average molecular weight is 331 g/mol. The highest BCUT2D eigenvalue weighted by atomic mass is 79.9. The van der Waals surface area contributed by atoms with Crippen molar-refractivity contribution in [2.24, 2.45) is 0 Å². The van der Waals surface area contributed by atoms with E-state index in [1.165, 1.54) is 0 Å². The molecular weight excluding hydrogens is 320 g/mol. The second-order valence-corrected chi connectivity index (χ2v) is 4.98. The van der Waals surface area contributed by atoms with Crippen molar-refractivity contribution in [3.8, 4) is 28.7 Å². The SMILES string of the molecule is COc1ccc(Br)c(-c2nnc(-c3ccccc3)o2)c1. The Morgan fingerprint density at radius 2 is 1.75 bits per heavy atom. The van der Waals surface area contributed by atoms with E-state index >= 15 is 0 Å². The van der Waals surface area contributed by atoms with Crippen molar-refractivity contribution in [2.75, 3.05) is 7.11 Å². The maximum atomic E-state index is 5.73. The van der Waals surface area contributed by atoms with Crippen molar-refractivity contribution >= 4 is 15.9 Å². The van der Waals surface area contributed by atoms with Gasteiger partial charge in [0, 0.05) is 10.0 Å². The first-order valence-corrected chi connectivity index (χ1v) is 6.80. The Morgan fingerprint density at radius 3 is 2.50 bits per heavy atom. The van der Waals surface area contributed by atoms with Crippen LogP contribution in [0.1, 0.15) is 0 Å². The van der Waals surface area contributed by atoms with Gasteiger partial charge in [-0.1, -0.05) is 18.2 Å². The normalized spacial score (nSPS) is 10.5. The molecule has 0 saturated heterocycles. The van der Waals surface area contributed by atoms with Gasteiger partial charge in [0.15, 0.2) is 0 Å². The minimum atomic E-state index is 0.453. The van der Waals surface area contributed by atoms with Gasteiger partial charge in [-0.05, 0) is 46.3 Å². The van der Waals surface area contributed by atoms with E-state index in [-0.39, 0.29) is 0 Å². The van der Waals surface area contributed by atoms with Crippen LogP contribution in [0.5, 0.6) is 5.75 Å². The van der Waals surface area contributed by atoms with Gasteiger partial charge in [0.05, 0.1) is 12.7 Å². The standard InChI is InChI=1S/C15H11BrN2O2/c1-19-11-7-8-13(16)12(9-11)15-18-17-14(20-15)10-5-3-2-4-6-10/h2-9H,1H3. The number of methoxy groups -OCH3 is 1.